The molecule has 0 amide bonds. The van der Waals surface area contributed by atoms with E-state index >= 15 is 0 Å². The van der Waals surface area contributed by atoms with Crippen LogP contribution in [0, 0.1) is 5.92 Å². The number of Topliss-reactive ketones (excluding diaryl/α,β-unsaturated/α-hetero) is 1. The maximum atomic E-state index is 11.6. The molecular formula is C13H19NO. The molecule has 2 N–H and O–H groups in total. The van der Waals surface area contributed by atoms with E-state index in [1.807, 2.05) is 44.2 Å². The van der Waals surface area contributed by atoms with Gasteiger partial charge in [-0.1, -0.05) is 44.2 Å². The van der Waals surface area contributed by atoms with Gasteiger partial charge in [-0.3, -0.25) is 4.79 Å². The van der Waals surface area contributed by atoms with Crippen LogP contribution in [0.1, 0.15) is 25.8 Å². The minimum atomic E-state index is -0.0128. The summed E-state index contributed by atoms with van der Waals surface area (Å²) < 4.78 is 0. The average molecular weight is 205 g/mol. The van der Waals surface area contributed by atoms with E-state index in [0.29, 0.717) is 18.8 Å². The maximum absolute atomic E-state index is 11.6. The second-order valence-corrected chi connectivity index (χ2v) is 4.31. The van der Waals surface area contributed by atoms with Crippen LogP contribution in [-0.4, -0.2) is 11.8 Å². The van der Waals surface area contributed by atoms with E-state index in [9.17, 15) is 4.79 Å². The Balaban J connectivity index is 2.43. The zero-order chi connectivity index (χ0) is 11.3. The van der Waals surface area contributed by atoms with Crippen LogP contribution in [0.3, 0.4) is 0 Å². The van der Waals surface area contributed by atoms with Crippen molar-refractivity contribution in [2.75, 3.05) is 0 Å². The van der Waals surface area contributed by atoms with Crippen LogP contribution < -0.4 is 5.73 Å². The van der Waals surface area contributed by atoms with Crippen molar-refractivity contribution in [2.45, 2.75) is 32.7 Å². The van der Waals surface area contributed by atoms with Gasteiger partial charge in [0.1, 0.15) is 5.78 Å². The normalized spacial score (nSPS) is 12.8. The first-order valence-corrected chi connectivity index (χ1v) is 5.41. The van der Waals surface area contributed by atoms with Crippen LogP contribution in [0.15, 0.2) is 30.3 Å². The minimum Gasteiger partial charge on any atom is -0.327 e. The smallest absolute Gasteiger partial charge is 0.138 e. The lowest BCUT2D eigenvalue weighted by Gasteiger charge is -2.14. The summed E-state index contributed by atoms with van der Waals surface area (Å²) in [5.41, 5.74) is 6.92. The van der Waals surface area contributed by atoms with E-state index in [1.165, 1.54) is 0 Å². The van der Waals surface area contributed by atoms with Crippen LogP contribution >= 0.6 is 0 Å². The molecule has 15 heavy (non-hydrogen) atoms. The lowest BCUT2D eigenvalue weighted by molar-refractivity contribution is -0.118. The molecule has 0 aliphatic heterocycles. The zero-order valence-electron chi connectivity index (χ0n) is 9.44. The topological polar surface area (TPSA) is 43.1 Å². The monoisotopic (exact) mass is 205 g/mol. The lowest BCUT2D eigenvalue weighted by atomic mass is 9.97. The maximum Gasteiger partial charge on any atom is 0.138 e. The van der Waals surface area contributed by atoms with Gasteiger partial charge in [-0.2, -0.15) is 0 Å². The molecule has 0 saturated carbocycles. The summed E-state index contributed by atoms with van der Waals surface area (Å²) in [6.07, 6.45) is 0.980. The Hall–Kier alpha value is -1.15. The molecule has 2 heteroatoms. The summed E-state index contributed by atoms with van der Waals surface area (Å²) in [4.78, 5) is 11.6. The Kier molecular flexibility index (Phi) is 4.50. The molecule has 0 aromatic heterocycles. The van der Waals surface area contributed by atoms with Gasteiger partial charge in [0, 0.05) is 18.9 Å². The van der Waals surface area contributed by atoms with Crippen LogP contribution in [0.2, 0.25) is 0 Å². The molecule has 0 radical (unpaired) electrons. The number of ketones is 1. The highest BCUT2D eigenvalue weighted by Crippen LogP contribution is 2.07. The Morgan fingerprint density at radius 2 is 1.87 bits per heavy atom. The molecule has 1 rings (SSSR count). The highest BCUT2D eigenvalue weighted by molar-refractivity contribution is 5.81. The van der Waals surface area contributed by atoms with Crippen LogP contribution in [0.25, 0.3) is 0 Å². The Morgan fingerprint density at radius 1 is 1.27 bits per heavy atom. The first-order valence-electron chi connectivity index (χ1n) is 5.41. The van der Waals surface area contributed by atoms with E-state index in [1.54, 1.807) is 0 Å². The summed E-state index contributed by atoms with van der Waals surface area (Å²) in [5, 5.41) is 0. The zero-order valence-corrected chi connectivity index (χ0v) is 9.44. The van der Waals surface area contributed by atoms with E-state index in [2.05, 4.69) is 0 Å². The summed E-state index contributed by atoms with van der Waals surface area (Å²) in [7, 11) is 0. The molecule has 0 aliphatic rings. The second kappa shape index (κ2) is 5.66. The standard InChI is InChI=1S/C13H19NO/c1-10(2)13(14)9-12(15)8-11-6-4-3-5-7-11/h3-7,10,13H,8-9,14H2,1-2H3. The number of rotatable bonds is 5. The number of hydrogen-bond donors (Lipinski definition) is 1. The van der Waals surface area contributed by atoms with Gasteiger partial charge in [0.15, 0.2) is 0 Å². The van der Waals surface area contributed by atoms with Gasteiger partial charge in [-0.05, 0) is 11.5 Å². The molecule has 0 fully saturated rings. The van der Waals surface area contributed by atoms with Crippen molar-refractivity contribution in [3.8, 4) is 0 Å². The van der Waals surface area contributed by atoms with E-state index < -0.39 is 0 Å². The van der Waals surface area contributed by atoms with Crippen molar-refractivity contribution in [3.05, 3.63) is 35.9 Å². The van der Waals surface area contributed by atoms with E-state index in [0.717, 1.165) is 5.56 Å². The minimum absolute atomic E-state index is 0.0128. The van der Waals surface area contributed by atoms with Crippen molar-refractivity contribution in [1.82, 2.24) is 0 Å². The first kappa shape index (κ1) is 11.9. The SMILES string of the molecule is CC(C)C(N)CC(=O)Cc1ccccc1. The highest BCUT2D eigenvalue weighted by atomic mass is 16.1. The van der Waals surface area contributed by atoms with Crippen molar-refractivity contribution in [3.63, 3.8) is 0 Å². The molecule has 0 aliphatic carbocycles. The predicted octanol–water partition coefficient (Wildman–Crippen LogP) is 2.17. The Bertz CT molecular complexity index is 306. The third-order valence-corrected chi connectivity index (χ3v) is 2.56. The molecule has 0 heterocycles. The fourth-order valence-electron chi connectivity index (χ4n) is 1.39. The van der Waals surface area contributed by atoms with E-state index in [-0.39, 0.29) is 11.8 Å². The average Bonchev–Trinajstić information content (AvgIpc) is 2.18. The number of benzene rings is 1. The number of carbonyl (C=O) groups excluding carboxylic acids is 1. The van der Waals surface area contributed by atoms with Crippen molar-refractivity contribution >= 4 is 5.78 Å². The Labute approximate surface area is 91.5 Å². The molecule has 1 aromatic rings. The molecule has 0 bridgehead atoms. The van der Waals surface area contributed by atoms with Crippen LogP contribution in [0.4, 0.5) is 0 Å². The van der Waals surface area contributed by atoms with Crippen molar-refractivity contribution < 1.29 is 4.79 Å². The van der Waals surface area contributed by atoms with Gasteiger partial charge in [-0.15, -0.1) is 0 Å². The van der Waals surface area contributed by atoms with Crippen LogP contribution in [-0.2, 0) is 11.2 Å². The number of hydrogen-bond acceptors (Lipinski definition) is 2. The third kappa shape index (κ3) is 4.26. The summed E-state index contributed by atoms with van der Waals surface area (Å²) in [6.45, 7) is 4.08. The van der Waals surface area contributed by atoms with Gasteiger partial charge in [0.05, 0.1) is 0 Å². The van der Waals surface area contributed by atoms with Crippen molar-refractivity contribution in [2.24, 2.45) is 11.7 Å². The number of nitrogens with two attached hydrogens (primary N) is 1. The largest absolute Gasteiger partial charge is 0.327 e. The molecule has 1 atom stereocenters. The van der Waals surface area contributed by atoms with E-state index in [4.69, 9.17) is 5.73 Å². The van der Waals surface area contributed by atoms with Gasteiger partial charge in [0.2, 0.25) is 0 Å². The quantitative estimate of drug-likeness (QED) is 0.800. The van der Waals surface area contributed by atoms with Gasteiger partial charge >= 0.3 is 0 Å². The second-order valence-electron chi connectivity index (χ2n) is 4.31. The first-order chi connectivity index (χ1) is 7.09. The Morgan fingerprint density at radius 3 is 2.40 bits per heavy atom. The molecule has 1 aromatic carbocycles. The molecule has 1 unspecified atom stereocenters. The number of carbonyl (C=O) groups is 1. The van der Waals surface area contributed by atoms with Crippen molar-refractivity contribution in [1.29, 1.82) is 0 Å². The highest BCUT2D eigenvalue weighted by Gasteiger charge is 2.12. The molecule has 2 nitrogen and oxygen atoms in total. The fourth-order valence-corrected chi connectivity index (χ4v) is 1.39. The summed E-state index contributed by atoms with van der Waals surface area (Å²) in [5.74, 6) is 0.590. The third-order valence-electron chi connectivity index (χ3n) is 2.56. The van der Waals surface area contributed by atoms with Gasteiger partial charge < -0.3 is 5.73 Å². The molecule has 0 saturated heterocycles. The van der Waals surface area contributed by atoms with Gasteiger partial charge in [0.25, 0.3) is 0 Å². The summed E-state index contributed by atoms with van der Waals surface area (Å²) >= 11 is 0. The predicted molar refractivity (Wildman–Crippen MR) is 62.6 cm³/mol. The summed E-state index contributed by atoms with van der Waals surface area (Å²) in [6, 6.07) is 9.78. The molecule has 0 spiro atoms. The van der Waals surface area contributed by atoms with Crippen LogP contribution in [0.5, 0.6) is 0 Å². The fraction of sp³-hybridized carbons (Fsp3) is 0.462. The molecule has 82 valence electrons. The lowest BCUT2D eigenvalue weighted by Crippen LogP contribution is -2.29. The molecular weight excluding hydrogens is 186 g/mol. The van der Waals surface area contributed by atoms with Gasteiger partial charge in [-0.25, -0.2) is 0 Å².